The first-order chi connectivity index (χ1) is 6.69. The maximum atomic E-state index is 11.3. The Labute approximate surface area is 97.6 Å². The summed E-state index contributed by atoms with van der Waals surface area (Å²) < 4.78 is 0. The van der Waals surface area contributed by atoms with E-state index in [1.54, 1.807) is 0 Å². The van der Waals surface area contributed by atoms with E-state index in [1.165, 1.54) is 0 Å². The van der Waals surface area contributed by atoms with Crippen LogP contribution < -0.4 is 0 Å². The van der Waals surface area contributed by atoms with Crippen molar-refractivity contribution in [3.8, 4) is 0 Å². The van der Waals surface area contributed by atoms with Gasteiger partial charge in [0.25, 0.3) is 0 Å². The largest absolute Gasteiger partial charge is 0.298 e. The van der Waals surface area contributed by atoms with Gasteiger partial charge in [0, 0.05) is 12.3 Å². The highest BCUT2D eigenvalue weighted by Gasteiger charge is 2.07. The molecule has 0 heterocycles. The normalized spacial score (nSPS) is 10.2. The van der Waals surface area contributed by atoms with E-state index < -0.39 is 0 Å². The standard InChI is InChI=1S/C11H12BrClO/c1-8-3-2-4-9(11(8)7-13)5-10(14)6-12/h2-4H,5-7H2,1H3. The fourth-order valence-electron chi connectivity index (χ4n) is 1.38. The molecule has 1 aromatic rings. The minimum absolute atomic E-state index is 0.182. The summed E-state index contributed by atoms with van der Waals surface area (Å²) in [5.41, 5.74) is 3.28. The van der Waals surface area contributed by atoms with E-state index >= 15 is 0 Å². The predicted octanol–water partition coefficient (Wildman–Crippen LogP) is 3.24. The number of aryl methyl sites for hydroxylation is 1. The summed E-state index contributed by atoms with van der Waals surface area (Å²) in [5.74, 6) is 0.652. The fourth-order valence-corrected chi connectivity index (χ4v) is 1.96. The van der Waals surface area contributed by atoms with Crippen molar-refractivity contribution in [2.75, 3.05) is 5.33 Å². The van der Waals surface area contributed by atoms with Crippen molar-refractivity contribution in [1.82, 2.24) is 0 Å². The minimum atomic E-state index is 0.182. The predicted molar refractivity (Wildman–Crippen MR) is 63.2 cm³/mol. The number of carbonyl (C=O) groups is 1. The lowest BCUT2D eigenvalue weighted by Crippen LogP contribution is -2.06. The van der Waals surface area contributed by atoms with Gasteiger partial charge in [0.2, 0.25) is 0 Å². The lowest BCUT2D eigenvalue weighted by atomic mass is 10.00. The van der Waals surface area contributed by atoms with Gasteiger partial charge >= 0.3 is 0 Å². The van der Waals surface area contributed by atoms with Gasteiger partial charge in [-0.3, -0.25) is 4.79 Å². The summed E-state index contributed by atoms with van der Waals surface area (Å²) in [6.07, 6.45) is 0.467. The van der Waals surface area contributed by atoms with Gasteiger partial charge in [-0.2, -0.15) is 0 Å². The number of hydrogen-bond donors (Lipinski definition) is 0. The smallest absolute Gasteiger partial charge is 0.147 e. The van der Waals surface area contributed by atoms with Crippen LogP contribution in [0.4, 0.5) is 0 Å². The molecule has 0 amide bonds. The van der Waals surface area contributed by atoms with Crippen LogP contribution >= 0.6 is 27.5 Å². The first kappa shape index (κ1) is 11.7. The second-order valence-corrected chi connectivity index (χ2v) is 4.02. The molecule has 0 radical (unpaired) electrons. The van der Waals surface area contributed by atoms with E-state index in [1.807, 2.05) is 25.1 Å². The molecule has 0 aliphatic rings. The van der Waals surface area contributed by atoms with Crippen LogP contribution in [0.5, 0.6) is 0 Å². The van der Waals surface area contributed by atoms with Gasteiger partial charge in [-0.25, -0.2) is 0 Å². The quantitative estimate of drug-likeness (QED) is 0.771. The van der Waals surface area contributed by atoms with E-state index in [2.05, 4.69) is 15.9 Å². The van der Waals surface area contributed by atoms with Crippen LogP contribution in [0.25, 0.3) is 0 Å². The lowest BCUT2D eigenvalue weighted by Gasteiger charge is -2.08. The molecule has 3 heteroatoms. The van der Waals surface area contributed by atoms with E-state index in [0.717, 1.165) is 16.7 Å². The summed E-state index contributed by atoms with van der Waals surface area (Å²) in [6, 6.07) is 5.94. The summed E-state index contributed by atoms with van der Waals surface area (Å²) >= 11 is 9.00. The number of hydrogen-bond acceptors (Lipinski definition) is 1. The molecule has 0 aliphatic heterocycles. The fraction of sp³-hybridized carbons (Fsp3) is 0.364. The molecule has 1 rings (SSSR count). The Kier molecular flexibility index (Phi) is 4.63. The maximum absolute atomic E-state index is 11.3. The van der Waals surface area contributed by atoms with E-state index in [-0.39, 0.29) is 5.78 Å². The molecule has 0 aromatic heterocycles. The molecule has 0 unspecified atom stereocenters. The average Bonchev–Trinajstić information content (AvgIpc) is 2.18. The molecule has 76 valence electrons. The molecule has 0 fully saturated rings. The third-order valence-corrected chi connectivity index (χ3v) is 3.07. The first-order valence-corrected chi connectivity index (χ1v) is 6.05. The summed E-state index contributed by atoms with van der Waals surface area (Å²) in [6.45, 7) is 2.01. The molecule has 0 spiro atoms. The number of halogens is 2. The third kappa shape index (κ3) is 2.82. The van der Waals surface area contributed by atoms with Gasteiger partial charge in [-0.05, 0) is 23.6 Å². The zero-order chi connectivity index (χ0) is 10.6. The Morgan fingerprint density at radius 3 is 2.79 bits per heavy atom. The molecular weight excluding hydrogens is 263 g/mol. The summed E-state index contributed by atoms with van der Waals surface area (Å²) in [7, 11) is 0. The zero-order valence-electron chi connectivity index (χ0n) is 8.02. The van der Waals surface area contributed by atoms with Crippen molar-refractivity contribution < 1.29 is 4.79 Å². The van der Waals surface area contributed by atoms with Crippen LogP contribution in [-0.4, -0.2) is 11.1 Å². The van der Waals surface area contributed by atoms with Crippen molar-refractivity contribution in [2.45, 2.75) is 19.2 Å². The molecular formula is C11H12BrClO. The van der Waals surface area contributed by atoms with Crippen molar-refractivity contribution >= 4 is 33.3 Å². The van der Waals surface area contributed by atoms with E-state index in [0.29, 0.717) is 17.6 Å². The van der Waals surface area contributed by atoms with Crippen molar-refractivity contribution in [3.63, 3.8) is 0 Å². The van der Waals surface area contributed by atoms with Gasteiger partial charge < -0.3 is 0 Å². The topological polar surface area (TPSA) is 17.1 Å². The third-order valence-electron chi connectivity index (χ3n) is 2.18. The van der Waals surface area contributed by atoms with Crippen LogP contribution in [0.15, 0.2) is 18.2 Å². The van der Waals surface area contributed by atoms with Gasteiger partial charge in [-0.15, -0.1) is 11.6 Å². The van der Waals surface area contributed by atoms with Crippen molar-refractivity contribution in [3.05, 3.63) is 34.9 Å². The molecule has 0 aliphatic carbocycles. The number of benzene rings is 1. The number of Topliss-reactive ketones (excluding diaryl/α,β-unsaturated/α-hetero) is 1. The molecule has 14 heavy (non-hydrogen) atoms. The van der Waals surface area contributed by atoms with E-state index in [9.17, 15) is 4.79 Å². The second-order valence-electron chi connectivity index (χ2n) is 3.20. The molecule has 0 atom stereocenters. The lowest BCUT2D eigenvalue weighted by molar-refractivity contribution is -0.115. The van der Waals surface area contributed by atoms with Gasteiger partial charge in [0.15, 0.2) is 0 Å². The molecule has 0 saturated heterocycles. The van der Waals surface area contributed by atoms with Crippen LogP contribution in [0.3, 0.4) is 0 Å². The monoisotopic (exact) mass is 274 g/mol. The van der Waals surface area contributed by atoms with Crippen LogP contribution in [-0.2, 0) is 17.1 Å². The molecule has 0 saturated carbocycles. The van der Waals surface area contributed by atoms with Gasteiger partial charge in [0.1, 0.15) is 5.78 Å². The van der Waals surface area contributed by atoms with Gasteiger partial charge in [0.05, 0.1) is 5.33 Å². The van der Waals surface area contributed by atoms with Crippen molar-refractivity contribution in [2.24, 2.45) is 0 Å². The summed E-state index contributed by atoms with van der Waals surface area (Å²) in [4.78, 5) is 11.3. The number of rotatable bonds is 4. The average molecular weight is 276 g/mol. The first-order valence-electron chi connectivity index (χ1n) is 4.40. The van der Waals surface area contributed by atoms with Crippen molar-refractivity contribution in [1.29, 1.82) is 0 Å². The molecule has 1 nitrogen and oxygen atoms in total. The Morgan fingerprint density at radius 1 is 1.50 bits per heavy atom. The number of ketones is 1. The van der Waals surface area contributed by atoms with E-state index in [4.69, 9.17) is 11.6 Å². The summed E-state index contributed by atoms with van der Waals surface area (Å²) in [5, 5.41) is 0.405. The van der Waals surface area contributed by atoms with Crippen LogP contribution in [0, 0.1) is 6.92 Å². The Morgan fingerprint density at radius 2 is 2.21 bits per heavy atom. The maximum Gasteiger partial charge on any atom is 0.147 e. The van der Waals surface area contributed by atoms with Crippen LogP contribution in [0.2, 0.25) is 0 Å². The highest BCUT2D eigenvalue weighted by molar-refractivity contribution is 9.09. The SMILES string of the molecule is Cc1cccc(CC(=O)CBr)c1CCl. The minimum Gasteiger partial charge on any atom is -0.298 e. The molecule has 1 aromatic carbocycles. The van der Waals surface area contributed by atoms with Gasteiger partial charge in [-0.1, -0.05) is 34.1 Å². The van der Waals surface area contributed by atoms with Crippen LogP contribution in [0.1, 0.15) is 16.7 Å². The highest BCUT2D eigenvalue weighted by Crippen LogP contribution is 2.17. The Balaban J connectivity index is 2.96. The number of carbonyl (C=O) groups excluding carboxylic acids is 1. The highest BCUT2D eigenvalue weighted by atomic mass is 79.9. The Hall–Kier alpha value is -0.340. The second kappa shape index (κ2) is 5.52. The molecule has 0 N–H and O–H groups in total. The zero-order valence-corrected chi connectivity index (χ0v) is 10.4. The number of alkyl halides is 2. The molecule has 0 bridgehead atoms. The Bertz CT molecular complexity index is 336.